The van der Waals surface area contributed by atoms with Gasteiger partial charge in [-0.25, -0.2) is 0 Å². The Morgan fingerprint density at radius 1 is 1.32 bits per heavy atom. The van der Waals surface area contributed by atoms with Gasteiger partial charge in [0.15, 0.2) is 5.82 Å². The van der Waals surface area contributed by atoms with E-state index < -0.39 is 0 Å². The lowest BCUT2D eigenvalue weighted by molar-refractivity contribution is 0.303. The zero-order chi connectivity index (χ0) is 14.2. The summed E-state index contributed by atoms with van der Waals surface area (Å²) in [5, 5.41) is 4.00. The molecule has 0 aliphatic rings. The molecule has 4 nitrogen and oxygen atoms in total. The molecule has 1 aromatic carbocycles. The molecule has 0 bridgehead atoms. The van der Waals surface area contributed by atoms with Gasteiger partial charge in [-0.3, -0.25) is 0 Å². The highest BCUT2D eigenvalue weighted by atomic mass is 79.9. The van der Waals surface area contributed by atoms with Gasteiger partial charge in [0.2, 0.25) is 0 Å². The van der Waals surface area contributed by atoms with Crippen LogP contribution in [0.2, 0.25) is 0 Å². The molecule has 0 fully saturated rings. The Kier molecular flexibility index (Phi) is 3.78. The Hall–Kier alpha value is -1.20. The molecule has 2 N–H and O–H groups in total. The maximum absolute atomic E-state index is 6.13. The van der Waals surface area contributed by atoms with Gasteiger partial charge in [0, 0.05) is 10.0 Å². The topological polar surface area (TPSA) is 64.9 Å². The fourth-order valence-corrected chi connectivity index (χ4v) is 2.20. The average molecular weight is 324 g/mol. The second-order valence-electron chi connectivity index (χ2n) is 5.76. The van der Waals surface area contributed by atoms with Crippen molar-refractivity contribution in [2.75, 3.05) is 0 Å². The Morgan fingerprint density at radius 2 is 2.00 bits per heavy atom. The smallest absolute Gasteiger partial charge is 0.258 e. The zero-order valence-corrected chi connectivity index (χ0v) is 13.2. The lowest BCUT2D eigenvalue weighted by Gasteiger charge is -2.23. The molecule has 0 radical (unpaired) electrons. The van der Waals surface area contributed by atoms with Gasteiger partial charge in [-0.2, -0.15) is 4.98 Å². The number of halogens is 1. The molecule has 2 aromatic rings. The largest absolute Gasteiger partial charge is 0.334 e. The maximum atomic E-state index is 6.13. The maximum Gasteiger partial charge on any atom is 0.258 e. The fourth-order valence-electron chi connectivity index (χ4n) is 1.72. The lowest BCUT2D eigenvalue weighted by Crippen LogP contribution is -2.27. The molecule has 0 aliphatic carbocycles. The third kappa shape index (κ3) is 3.04. The first kappa shape index (κ1) is 14.2. The molecule has 19 heavy (non-hydrogen) atoms. The molecule has 1 aromatic heterocycles. The molecular weight excluding hydrogens is 306 g/mol. The van der Waals surface area contributed by atoms with Gasteiger partial charge >= 0.3 is 0 Å². The standard InChI is InChI=1S/C14H18BrN3O/c1-8-7-9(15)5-6-10(8)13-17-12(18-19-13)11(16)14(2,3)4/h5-7,11H,16H2,1-4H3. The zero-order valence-electron chi connectivity index (χ0n) is 11.6. The SMILES string of the molecule is Cc1cc(Br)ccc1-c1nc(C(N)C(C)(C)C)no1. The molecule has 1 heterocycles. The van der Waals surface area contributed by atoms with Gasteiger partial charge in [-0.1, -0.05) is 41.9 Å². The number of benzene rings is 1. The minimum atomic E-state index is -0.249. The van der Waals surface area contributed by atoms with Gasteiger partial charge in [0.25, 0.3) is 5.89 Å². The van der Waals surface area contributed by atoms with Crippen molar-refractivity contribution in [1.82, 2.24) is 10.1 Å². The number of aryl methyl sites for hydroxylation is 1. The highest BCUT2D eigenvalue weighted by Gasteiger charge is 2.27. The highest BCUT2D eigenvalue weighted by molar-refractivity contribution is 9.10. The number of aromatic nitrogens is 2. The van der Waals surface area contributed by atoms with Crippen molar-refractivity contribution in [1.29, 1.82) is 0 Å². The van der Waals surface area contributed by atoms with Crippen LogP contribution in [0.3, 0.4) is 0 Å². The lowest BCUT2D eigenvalue weighted by atomic mass is 9.87. The normalized spacial score (nSPS) is 13.6. The van der Waals surface area contributed by atoms with E-state index in [0.717, 1.165) is 15.6 Å². The summed E-state index contributed by atoms with van der Waals surface area (Å²) in [5.41, 5.74) is 8.04. The number of rotatable bonds is 2. The van der Waals surface area contributed by atoms with Crippen molar-refractivity contribution in [2.45, 2.75) is 33.7 Å². The molecular formula is C14H18BrN3O. The molecule has 0 spiro atoms. The van der Waals surface area contributed by atoms with E-state index in [0.29, 0.717) is 11.7 Å². The van der Waals surface area contributed by atoms with E-state index in [1.54, 1.807) is 0 Å². The van der Waals surface area contributed by atoms with Gasteiger partial charge < -0.3 is 10.3 Å². The van der Waals surface area contributed by atoms with E-state index >= 15 is 0 Å². The molecule has 0 aliphatic heterocycles. The minimum absolute atomic E-state index is 0.101. The van der Waals surface area contributed by atoms with Crippen molar-refractivity contribution in [3.8, 4) is 11.5 Å². The molecule has 102 valence electrons. The van der Waals surface area contributed by atoms with Crippen molar-refractivity contribution >= 4 is 15.9 Å². The first-order valence-corrected chi connectivity index (χ1v) is 6.94. The Balaban J connectivity index is 2.36. The van der Waals surface area contributed by atoms with Gasteiger partial charge in [-0.05, 0) is 36.1 Å². The molecule has 1 atom stereocenters. The van der Waals surface area contributed by atoms with Crippen LogP contribution in [0.4, 0.5) is 0 Å². The molecule has 0 saturated carbocycles. The first-order valence-electron chi connectivity index (χ1n) is 6.15. The molecule has 5 heteroatoms. The molecule has 0 amide bonds. The van der Waals surface area contributed by atoms with E-state index in [-0.39, 0.29) is 11.5 Å². The molecule has 1 unspecified atom stereocenters. The molecule has 0 saturated heterocycles. The number of hydrogen-bond donors (Lipinski definition) is 1. The summed E-state index contributed by atoms with van der Waals surface area (Å²) < 4.78 is 6.36. The number of hydrogen-bond acceptors (Lipinski definition) is 4. The van der Waals surface area contributed by atoms with Crippen LogP contribution < -0.4 is 5.73 Å². The minimum Gasteiger partial charge on any atom is -0.334 e. The number of nitrogens with two attached hydrogens (primary N) is 1. The van der Waals surface area contributed by atoms with Crippen LogP contribution in [0.1, 0.15) is 38.2 Å². The van der Waals surface area contributed by atoms with Crippen LogP contribution >= 0.6 is 15.9 Å². The Labute approximate surface area is 121 Å². The van der Waals surface area contributed by atoms with Crippen molar-refractivity contribution < 1.29 is 4.52 Å². The van der Waals surface area contributed by atoms with Crippen LogP contribution in [0.5, 0.6) is 0 Å². The summed E-state index contributed by atoms with van der Waals surface area (Å²) in [6, 6.07) is 5.68. The average Bonchev–Trinajstić information content (AvgIpc) is 2.75. The summed E-state index contributed by atoms with van der Waals surface area (Å²) in [6.07, 6.45) is 0. The van der Waals surface area contributed by atoms with E-state index in [1.165, 1.54) is 0 Å². The van der Waals surface area contributed by atoms with Crippen molar-refractivity contribution in [3.63, 3.8) is 0 Å². The van der Waals surface area contributed by atoms with Crippen LogP contribution in [0, 0.1) is 12.3 Å². The second kappa shape index (κ2) is 5.06. The van der Waals surface area contributed by atoms with E-state index in [2.05, 4.69) is 46.8 Å². The second-order valence-corrected chi connectivity index (χ2v) is 6.68. The van der Waals surface area contributed by atoms with Crippen LogP contribution in [-0.4, -0.2) is 10.1 Å². The summed E-state index contributed by atoms with van der Waals surface area (Å²) in [6.45, 7) is 8.17. The third-order valence-electron chi connectivity index (χ3n) is 3.07. The van der Waals surface area contributed by atoms with Crippen LogP contribution in [-0.2, 0) is 0 Å². The van der Waals surface area contributed by atoms with Gasteiger partial charge in [-0.15, -0.1) is 0 Å². The summed E-state index contributed by atoms with van der Waals surface area (Å²) in [4.78, 5) is 4.42. The van der Waals surface area contributed by atoms with Crippen LogP contribution in [0.15, 0.2) is 27.2 Å². The summed E-state index contributed by atoms with van der Waals surface area (Å²) >= 11 is 3.44. The fraction of sp³-hybridized carbons (Fsp3) is 0.429. The van der Waals surface area contributed by atoms with Crippen molar-refractivity contribution in [3.05, 3.63) is 34.1 Å². The molecule has 2 rings (SSSR count). The Bertz CT molecular complexity index is 587. The summed E-state index contributed by atoms with van der Waals surface area (Å²) in [5.74, 6) is 1.06. The van der Waals surface area contributed by atoms with Gasteiger partial charge in [0.05, 0.1) is 6.04 Å². The number of nitrogens with zero attached hydrogens (tertiary/aromatic N) is 2. The van der Waals surface area contributed by atoms with Crippen LogP contribution in [0.25, 0.3) is 11.5 Å². The predicted molar refractivity (Wildman–Crippen MR) is 78.6 cm³/mol. The third-order valence-corrected chi connectivity index (χ3v) is 3.57. The predicted octanol–water partition coefficient (Wildman–Crippen LogP) is 3.85. The van der Waals surface area contributed by atoms with Gasteiger partial charge in [0.1, 0.15) is 0 Å². The summed E-state index contributed by atoms with van der Waals surface area (Å²) in [7, 11) is 0. The Morgan fingerprint density at radius 3 is 2.58 bits per heavy atom. The highest BCUT2D eigenvalue weighted by Crippen LogP contribution is 2.31. The van der Waals surface area contributed by atoms with Crippen molar-refractivity contribution in [2.24, 2.45) is 11.1 Å². The quantitative estimate of drug-likeness (QED) is 0.911. The van der Waals surface area contributed by atoms with E-state index in [9.17, 15) is 0 Å². The first-order chi connectivity index (χ1) is 8.79. The monoisotopic (exact) mass is 323 g/mol. The van der Waals surface area contributed by atoms with E-state index in [4.69, 9.17) is 10.3 Å². The van der Waals surface area contributed by atoms with E-state index in [1.807, 2.05) is 25.1 Å².